The third-order valence-electron chi connectivity index (χ3n) is 4.36. The first-order valence-electron chi connectivity index (χ1n) is 7.06. The average Bonchev–Trinajstić information content (AvgIpc) is 2.53. The van der Waals surface area contributed by atoms with Crippen molar-refractivity contribution in [3.8, 4) is 0 Å². The summed E-state index contributed by atoms with van der Waals surface area (Å²) in [6.07, 6.45) is 1.23. The summed E-state index contributed by atoms with van der Waals surface area (Å²) < 4.78 is 0. The third-order valence-corrected chi connectivity index (χ3v) is 4.36. The van der Waals surface area contributed by atoms with E-state index in [0.29, 0.717) is 5.92 Å². The predicted molar refractivity (Wildman–Crippen MR) is 78.0 cm³/mol. The zero-order chi connectivity index (χ0) is 13.2. The molecule has 0 aromatic heterocycles. The van der Waals surface area contributed by atoms with E-state index in [1.54, 1.807) is 0 Å². The Kier molecular flexibility index (Phi) is 4.08. The second-order valence-corrected chi connectivity index (χ2v) is 6.00. The quantitative estimate of drug-likeness (QED) is 0.863. The summed E-state index contributed by atoms with van der Waals surface area (Å²) in [5, 5.41) is 3.56. The second kappa shape index (κ2) is 5.41. The zero-order valence-electron chi connectivity index (χ0n) is 12.2. The fraction of sp³-hybridized carbons (Fsp3) is 0.625. The lowest BCUT2D eigenvalue weighted by Crippen LogP contribution is -2.46. The van der Waals surface area contributed by atoms with Crippen LogP contribution in [0.5, 0.6) is 0 Å². The van der Waals surface area contributed by atoms with Gasteiger partial charge in [0, 0.05) is 6.54 Å². The van der Waals surface area contributed by atoms with Gasteiger partial charge in [-0.1, -0.05) is 38.1 Å². The number of nitrogens with one attached hydrogen (secondary N) is 1. The van der Waals surface area contributed by atoms with Gasteiger partial charge in [-0.3, -0.25) is 4.90 Å². The lowest BCUT2D eigenvalue weighted by molar-refractivity contribution is 0.151. The van der Waals surface area contributed by atoms with E-state index in [1.807, 2.05) is 0 Å². The van der Waals surface area contributed by atoms with Gasteiger partial charge in [-0.15, -0.1) is 0 Å². The molecule has 1 aromatic carbocycles. The van der Waals surface area contributed by atoms with Crippen LogP contribution in [-0.4, -0.2) is 31.6 Å². The molecule has 100 valence electrons. The molecule has 1 aliphatic heterocycles. The summed E-state index contributed by atoms with van der Waals surface area (Å²) >= 11 is 0. The van der Waals surface area contributed by atoms with E-state index in [4.69, 9.17) is 0 Å². The van der Waals surface area contributed by atoms with E-state index in [2.05, 4.69) is 62.3 Å². The molecule has 0 spiro atoms. The molecule has 1 saturated heterocycles. The summed E-state index contributed by atoms with van der Waals surface area (Å²) in [6, 6.07) is 9.17. The fourth-order valence-electron chi connectivity index (χ4n) is 2.70. The largest absolute Gasteiger partial charge is 0.315 e. The van der Waals surface area contributed by atoms with Crippen molar-refractivity contribution in [3.63, 3.8) is 0 Å². The Labute approximate surface area is 111 Å². The Morgan fingerprint density at radius 3 is 2.50 bits per heavy atom. The van der Waals surface area contributed by atoms with Crippen molar-refractivity contribution < 1.29 is 0 Å². The van der Waals surface area contributed by atoms with Gasteiger partial charge < -0.3 is 5.32 Å². The molecule has 2 nitrogen and oxygen atoms in total. The van der Waals surface area contributed by atoms with Crippen LogP contribution in [0.2, 0.25) is 0 Å². The lowest BCUT2D eigenvalue weighted by atomic mass is 9.88. The molecule has 1 fully saturated rings. The molecule has 1 atom stereocenters. The number of rotatable bonds is 2. The minimum atomic E-state index is 0.117. The lowest BCUT2D eigenvalue weighted by Gasteiger charge is -2.38. The van der Waals surface area contributed by atoms with E-state index in [1.165, 1.54) is 17.5 Å². The molecule has 18 heavy (non-hydrogen) atoms. The maximum Gasteiger partial charge on any atom is 0.0554 e. The molecule has 0 saturated carbocycles. The van der Waals surface area contributed by atoms with Crippen LogP contribution in [-0.2, 0) is 5.54 Å². The molecule has 0 amide bonds. The van der Waals surface area contributed by atoms with E-state index in [0.717, 1.165) is 19.6 Å². The van der Waals surface area contributed by atoms with Crippen molar-refractivity contribution in [2.75, 3.05) is 26.7 Å². The van der Waals surface area contributed by atoms with Gasteiger partial charge in [0.05, 0.1) is 5.54 Å². The van der Waals surface area contributed by atoms with Crippen LogP contribution in [0.25, 0.3) is 0 Å². The highest BCUT2D eigenvalue weighted by molar-refractivity contribution is 5.30. The molecule has 2 heteroatoms. The van der Waals surface area contributed by atoms with Crippen molar-refractivity contribution in [1.29, 1.82) is 0 Å². The Hall–Kier alpha value is -0.860. The maximum absolute atomic E-state index is 3.56. The highest BCUT2D eigenvalue weighted by Crippen LogP contribution is 2.29. The maximum atomic E-state index is 3.56. The first kappa shape index (κ1) is 13.6. The van der Waals surface area contributed by atoms with Crippen molar-refractivity contribution in [2.45, 2.75) is 38.6 Å². The van der Waals surface area contributed by atoms with Crippen LogP contribution < -0.4 is 5.32 Å². The van der Waals surface area contributed by atoms with Crippen molar-refractivity contribution in [2.24, 2.45) is 0 Å². The van der Waals surface area contributed by atoms with E-state index in [9.17, 15) is 0 Å². The summed E-state index contributed by atoms with van der Waals surface area (Å²) in [5.41, 5.74) is 2.96. The Bertz CT molecular complexity index is 383. The minimum absolute atomic E-state index is 0.117. The molecule has 1 aliphatic rings. The van der Waals surface area contributed by atoms with Gasteiger partial charge in [0.25, 0.3) is 0 Å². The molecule has 1 aromatic rings. The first-order chi connectivity index (χ1) is 8.54. The smallest absolute Gasteiger partial charge is 0.0554 e. The van der Waals surface area contributed by atoms with Crippen molar-refractivity contribution in [1.82, 2.24) is 10.2 Å². The number of benzene rings is 1. The molecule has 0 bridgehead atoms. The minimum Gasteiger partial charge on any atom is -0.315 e. The Morgan fingerprint density at radius 2 is 1.89 bits per heavy atom. The van der Waals surface area contributed by atoms with Gasteiger partial charge in [-0.05, 0) is 50.5 Å². The molecule has 0 aliphatic carbocycles. The van der Waals surface area contributed by atoms with Crippen molar-refractivity contribution >= 4 is 0 Å². The van der Waals surface area contributed by atoms with E-state index in [-0.39, 0.29) is 5.54 Å². The summed E-state index contributed by atoms with van der Waals surface area (Å²) in [4.78, 5) is 2.48. The molecule has 1 heterocycles. The van der Waals surface area contributed by atoms with Gasteiger partial charge in [0.2, 0.25) is 0 Å². The Balaban J connectivity index is 2.27. The van der Waals surface area contributed by atoms with Crippen LogP contribution in [0.15, 0.2) is 24.3 Å². The van der Waals surface area contributed by atoms with Crippen LogP contribution in [0.3, 0.4) is 0 Å². The van der Waals surface area contributed by atoms with Gasteiger partial charge in [-0.2, -0.15) is 0 Å². The normalized spacial score (nSPS) is 26.3. The number of nitrogens with zero attached hydrogens (tertiary/aromatic N) is 1. The number of hydrogen-bond acceptors (Lipinski definition) is 2. The van der Waals surface area contributed by atoms with Crippen LogP contribution >= 0.6 is 0 Å². The molecule has 0 radical (unpaired) electrons. The van der Waals surface area contributed by atoms with Crippen LogP contribution in [0.1, 0.15) is 44.2 Å². The molecule has 2 rings (SSSR count). The SMILES string of the molecule is CC(C)c1ccc(C2(C)CNCCCN2C)cc1. The fourth-order valence-corrected chi connectivity index (χ4v) is 2.70. The van der Waals surface area contributed by atoms with Gasteiger partial charge in [0.1, 0.15) is 0 Å². The van der Waals surface area contributed by atoms with Gasteiger partial charge >= 0.3 is 0 Å². The predicted octanol–water partition coefficient (Wildman–Crippen LogP) is 2.95. The first-order valence-corrected chi connectivity index (χ1v) is 7.06. The second-order valence-electron chi connectivity index (χ2n) is 6.00. The summed E-state index contributed by atoms with van der Waals surface area (Å²) in [5.74, 6) is 0.608. The third kappa shape index (κ3) is 2.60. The van der Waals surface area contributed by atoms with Crippen molar-refractivity contribution in [3.05, 3.63) is 35.4 Å². The molecule has 1 unspecified atom stereocenters. The standard InChI is InChI=1S/C16H26N2/c1-13(2)14-6-8-15(9-7-14)16(3)12-17-10-5-11-18(16)4/h6-9,13,17H,5,10-12H2,1-4H3. The zero-order valence-corrected chi connectivity index (χ0v) is 12.2. The number of hydrogen-bond donors (Lipinski definition) is 1. The van der Waals surface area contributed by atoms with Crippen LogP contribution in [0, 0.1) is 0 Å². The number of likely N-dealkylation sites (N-methyl/N-ethyl adjacent to an activating group) is 1. The van der Waals surface area contributed by atoms with E-state index >= 15 is 0 Å². The van der Waals surface area contributed by atoms with Crippen LogP contribution in [0.4, 0.5) is 0 Å². The highest BCUT2D eigenvalue weighted by Gasteiger charge is 2.32. The average molecular weight is 246 g/mol. The summed E-state index contributed by atoms with van der Waals surface area (Å²) in [6.45, 7) is 10.2. The highest BCUT2D eigenvalue weighted by atomic mass is 15.2. The molecular formula is C16H26N2. The Morgan fingerprint density at radius 1 is 1.22 bits per heavy atom. The van der Waals surface area contributed by atoms with E-state index < -0.39 is 0 Å². The van der Waals surface area contributed by atoms with Gasteiger partial charge in [0.15, 0.2) is 0 Å². The summed E-state index contributed by atoms with van der Waals surface area (Å²) in [7, 11) is 2.24. The molecule has 1 N–H and O–H groups in total. The molecular weight excluding hydrogens is 220 g/mol. The van der Waals surface area contributed by atoms with Gasteiger partial charge in [-0.25, -0.2) is 0 Å². The topological polar surface area (TPSA) is 15.3 Å². The monoisotopic (exact) mass is 246 g/mol.